The predicted octanol–water partition coefficient (Wildman–Crippen LogP) is 3.16. The zero-order chi connectivity index (χ0) is 20.2. The highest BCUT2D eigenvalue weighted by atomic mass is 16.5. The summed E-state index contributed by atoms with van der Waals surface area (Å²) in [5.74, 6) is 1.10. The van der Waals surface area contributed by atoms with Gasteiger partial charge in [-0.05, 0) is 50.3 Å². The summed E-state index contributed by atoms with van der Waals surface area (Å²) in [5.41, 5.74) is 2.56. The van der Waals surface area contributed by atoms with Crippen molar-refractivity contribution in [3.63, 3.8) is 0 Å². The van der Waals surface area contributed by atoms with E-state index in [4.69, 9.17) is 4.74 Å². The molecule has 0 aliphatic carbocycles. The molecule has 1 N–H and O–H groups in total. The Hall–Kier alpha value is -2.34. The molecule has 2 saturated heterocycles. The minimum absolute atomic E-state index is 0.212. The molecule has 0 unspecified atom stereocenters. The normalized spacial score (nSPS) is 25.2. The Morgan fingerprint density at radius 3 is 2.76 bits per heavy atom. The summed E-state index contributed by atoms with van der Waals surface area (Å²) in [6.45, 7) is 3.88. The number of rotatable bonds is 6. The minimum Gasteiger partial charge on any atom is -0.497 e. The quantitative estimate of drug-likeness (QED) is 0.815. The summed E-state index contributed by atoms with van der Waals surface area (Å²) in [6, 6.07) is 9.42. The lowest BCUT2D eigenvalue weighted by molar-refractivity contribution is -0.122. The van der Waals surface area contributed by atoms with Gasteiger partial charge in [0.25, 0.3) is 0 Å². The Bertz CT molecular complexity index is 817. The lowest BCUT2D eigenvalue weighted by atomic mass is 9.97. The van der Waals surface area contributed by atoms with Crippen LogP contribution in [0.5, 0.6) is 5.75 Å². The van der Waals surface area contributed by atoms with E-state index < -0.39 is 0 Å². The third-order valence-corrected chi connectivity index (χ3v) is 6.39. The number of methoxy groups -OCH3 is 1. The summed E-state index contributed by atoms with van der Waals surface area (Å²) < 4.78 is 7.29. The van der Waals surface area contributed by atoms with Crippen LogP contribution in [0.15, 0.2) is 36.7 Å². The Kier molecular flexibility index (Phi) is 6.19. The predicted molar refractivity (Wildman–Crippen MR) is 113 cm³/mol. The standard InChI is InChI=1S/C23H32N4O2/c1-3-26-15-18(14-24-26)16-27-19(12-17-8-10-20(29-2)11-9-17)13-21-22(27)6-4-5-7-23(28)25-21/h8-11,14-15,19,21-22H,3-7,12-13,16H2,1-2H3,(H,25,28)/t19-,21+,22-/m1/s1. The molecule has 2 fully saturated rings. The lowest BCUT2D eigenvalue weighted by Crippen LogP contribution is -2.46. The second-order valence-electron chi connectivity index (χ2n) is 8.31. The Morgan fingerprint density at radius 1 is 1.21 bits per heavy atom. The van der Waals surface area contributed by atoms with Crippen molar-refractivity contribution in [2.45, 2.75) is 76.7 Å². The van der Waals surface area contributed by atoms with Gasteiger partial charge in [-0.1, -0.05) is 18.6 Å². The van der Waals surface area contributed by atoms with Crippen molar-refractivity contribution < 1.29 is 9.53 Å². The molecule has 1 aromatic heterocycles. The first-order valence-corrected chi connectivity index (χ1v) is 10.9. The van der Waals surface area contributed by atoms with E-state index >= 15 is 0 Å². The van der Waals surface area contributed by atoms with E-state index in [1.807, 2.05) is 23.0 Å². The number of fused-ring (bicyclic) bond motifs is 1. The SMILES string of the molecule is CCn1cc(CN2[C@H](Cc3ccc(OC)cc3)C[C@@H]3NC(=O)CCCC[C@H]32)cn1. The molecule has 6 nitrogen and oxygen atoms in total. The number of aryl methyl sites for hydroxylation is 1. The fourth-order valence-corrected chi connectivity index (χ4v) is 4.88. The van der Waals surface area contributed by atoms with Gasteiger partial charge < -0.3 is 10.1 Å². The van der Waals surface area contributed by atoms with E-state index in [0.29, 0.717) is 18.5 Å². The molecule has 1 aromatic carbocycles. The summed E-state index contributed by atoms with van der Waals surface area (Å²) in [5, 5.41) is 7.79. The zero-order valence-electron chi connectivity index (χ0n) is 17.5. The number of likely N-dealkylation sites (tertiary alicyclic amines) is 1. The van der Waals surface area contributed by atoms with Gasteiger partial charge in [-0.15, -0.1) is 0 Å². The molecule has 156 valence electrons. The van der Waals surface area contributed by atoms with Crippen molar-refractivity contribution in [3.05, 3.63) is 47.8 Å². The van der Waals surface area contributed by atoms with Crippen molar-refractivity contribution in [2.24, 2.45) is 0 Å². The maximum Gasteiger partial charge on any atom is 0.220 e. The number of ether oxygens (including phenoxy) is 1. The van der Waals surface area contributed by atoms with Gasteiger partial charge in [0.05, 0.1) is 13.3 Å². The van der Waals surface area contributed by atoms with Crippen LogP contribution in [0, 0.1) is 0 Å². The summed E-state index contributed by atoms with van der Waals surface area (Å²) in [7, 11) is 1.70. The monoisotopic (exact) mass is 396 g/mol. The Labute approximate surface area is 173 Å². The topological polar surface area (TPSA) is 59.4 Å². The first-order valence-electron chi connectivity index (χ1n) is 10.9. The van der Waals surface area contributed by atoms with Gasteiger partial charge in [-0.3, -0.25) is 14.4 Å². The van der Waals surface area contributed by atoms with Crippen LogP contribution in [0.4, 0.5) is 0 Å². The first kappa shape index (κ1) is 20.0. The molecule has 3 atom stereocenters. The van der Waals surface area contributed by atoms with Crippen molar-refractivity contribution >= 4 is 5.91 Å². The third-order valence-electron chi connectivity index (χ3n) is 6.39. The number of carbonyl (C=O) groups excluding carboxylic acids is 1. The van der Waals surface area contributed by atoms with Crippen LogP contribution in [0.25, 0.3) is 0 Å². The van der Waals surface area contributed by atoms with E-state index in [9.17, 15) is 4.79 Å². The molecule has 2 aliphatic rings. The molecule has 4 rings (SSSR count). The number of nitrogens with one attached hydrogen (secondary N) is 1. The largest absolute Gasteiger partial charge is 0.497 e. The minimum atomic E-state index is 0.212. The maximum atomic E-state index is 12.3. The highest BCUT2D eigenvalue weighted by Gasteiger charge is 2.41. The van der Waals surface area contributed by atoms with Gasteiger partial charge in [-0.25, -0.2) is 0 Å². The van der Waals surface area contributed by atoms with Crippen molar-refractivity contribution in [3.8, 4) is 5.75 Å². The van der Waals surface area contributed by atoms with Gasteiger partial charge >= 0.3 is 0 Å². The number of amides is 1. The van der Waals surface area contributed by atoms with Gasteiger partial charge in [0.2, 0.25) is 5.91 Å². The molecular weight excluding hydrogens is 364 g/mol. The molecule has 2 aliphatic heterocycles. The number of aromatic nitrogens is 2. The molecule has 0 saturated carbocycles. The maximum absolute atomic E-state index is 12.3. The molecule has 0 bridgehead atoms. The van der Waals surface area contributed by atoms with Gasteiger partial charge in [-0.2, -0.15) is 5.10 Å². The van der Waals surface area contributed by atoms with E-state index in [1.54, 1.807) is 7.11 Å². The average Bonchev–Trinajstić information content (AvgIpc) is 3.29. The summed E-state index contributed by atoms with van der Waals surface area (Å²) in [4.78, 5) is 14.9. The molecule has 0 spiro atoms. The zero-order valence-corrected chi connectivity index (χ0v) is 17.5. The number of nitrogens with zero attached hydrogens (tertiary/aromatic N) is 3. The summed E-state index contributed by atoms with van der Waals surface area (Å²) in [6.07, 6.45) is 10.0. The van der Waals surface area contributed by atoms with Crippen molar-refractivity contribution in [1.29, 1.82) is 0 Å². The number of hydrogen-bond donors (Lipinski definition) is 1. The van der Waals surface area contributed by atoms with Crippen LogP contribution in [-0.2, 0) is 24.3 Å². The number of benzene rings is 1. The van der Waals surface area contributed by atoms with Crippen LogP contribution in [0.2, 0.25) is 0 Å². The Balaban J connectivity index is 1.56. The second-order valence-corrected chi connectivity index (χ2v) is 8.31. The van der Waals surface area contributed by atoms with E-state index in [1.165, 1.54) is 11.1 Å². The van der Waals surface area contributed by atoms with Crippen LogP contribution in [-0.4, -0.2) is 45.8 Å². The smallest absolute Gasteiger partial charge is 0.220 e. The molecule has 2 aromatic rings. The lowest BCUT2D eigenvalue weighted by Gasteiger charge is -2.32. The highest BCUT2D eigenvalue weighted by Crippen LogP contribution is 2.33. The molecule has 3 heterocycles. The van der Waals surface area contributed by atoms with Gasteiger partial charge in [0, 0.05) is 49.4 Å². The Morgan fingerprint density at radius 2 is 2.03 bits per heavy atom. The van der Waals surface area contributed by atoms with Crippen LogP contribution in [0.1, 0.15) is 50.2 Å². The highest BCUT2D eigenvalue weighted by molar-refractivity contribution is 5.76. The fraction of sp³-hybridized carbons (Fsp3) is 0.565. The molecule has 29 heavy (non-hydrogen) atoms. The van der Waals surface area contributed by atoms with Crippen LogP contribution >= 0.6 is 0 Å². The molecule has 1 amide bonds. The fourth-order valence-electron chi connectivity index (χ4n) is 4.88. The van der Waals surface area contributed by atoms with Crippen LogP contribution in [0.3, 0.4) is 0 Å². The van der Waals surface area contributed by atoms with Crippen molar-refractivity contribution in [1.82, 2.24) is 20.0 Å². The summed E-state index contributed by atoms with van der Waals surface area (Å²) >= 11 is 0. The van der Waals surface area contributed by atoms with Crippen molar-refractivity contribution in [2.75, 3.05) is 7.11 Å². The van der Waals surface area contributed by atoms with Crippen LogP contribution < -0.4 is 10.1 Å². The van der Waals surface area contributed by atoms with E-state index in [-0.39, 0.29) is 11.9 Å². The van der Waals surface area contributed by atoms with Gasteiger partial charge in [0.1, 0.15) is 5.75 Å². The third kappa shape index (κ3) is 4.64. The first-order chi connectivity index (χ1) is 14.2. The van der Waals surface area contributed by atoms with E-state index in [0.717, 1.165) is 50.9 Å². The molecule has 6 heteroatoms. The number of hydrogen-bond acceptors (Lipinski definition) is 4. The van der Waals surface area contributed by atoms with Gasteiger partial charge in [0.15, 0.2) is 0 Å². The molecule has 0 radical (unpaired) electrons. The van der Waals surface area contributed by atoms with E-state index in [2.05, 4.69) is 40.6 Å². The second kappa shape index (κ2) is 8.99. The molecular formula is C23H32N4O2. The number of carbonyl (C=O) groups is 1. The average molecular weight is 397 g/mol.